The smallest absolute Gasteiger partial charge is 0.335 e. The summed E-state index contributed by atoms with van der Waals surface area (Å²) in [5.74, 6) is -1.11. The van der Waals surface area contributed by atoms with Gasteiger partial charge in [0.15, 0.2) is 0 Å². The van der Waals surface area contributed by atoms with Crippen molar-refractivity contribution in [1.82, 2.24) is 10.2 Å². The summed E-state index contributed by atoms with van der Waals surface area (Å²) in [6.07, 6.45) is 9.94. The number of carbonyl (C=O) groups is 3. The average Bonchev–Trinajstić information content (AvgIpc) is 3.06. The molecule has 0 unspecified atom stereocenters. The van der Waals surface area contributed by atoms with Gasteiger partial charge in [0, 0.05) is 23.0 Å². The number of nitrogens with one attached hydrogen (secondary N) is 1. The van der Waals surface area contributed by atoms with E-state index in [9.17, 15) is 14.4 Å². The van der Waals surface area contributed by atoms with Crippen LogP contribution >= 0.6 is 66.4 Å². The van der Waals surface area contributed by atoms with Crippen molar-refractivity contribution in [2.75, 3.05) is 64.5 Å². The molecule has 9 nitrogen and oxygen atoms in total. The summed E-state index contributed by atoms with van der Waals surface area (Å²) >= 11 is 12.6. The largest absolute Gasteiger partial charge is 0.463 e. The zero-order valence-corrected chi connectivity index (χ0v) is 37.9. The predicted octanol–water partition coefficient (Wildman–Crippen LogP) is 11.5. The molecule has 50 heavy (non-hydrogen) atoms. The molecule has 0 heterocycles. The lowest BCUT2D eigenvalue weighted by atomic mass is 10.2. The third-order valence-electron chi connectivity index (χ3n) is 5.53. The summed E-state index contributed by atoms with van der Waals surface area (Å²) < 4.78 is 13.9. The van der Waals surface area contributed by atoms with E-state index in [4.69, 9.17) is 9.84 Å². The maximum Gasteiger partial charge on any atom is 0.335 e. The highest BCUT2D eigenvalue weighted by atomic mass is 80.0. The zero-order valence-electron chi connectivity index (χ0n) is 30.7. The molecule has 0 amide bonds. The van der Waals surface area contributed by atoms with Crippen LogP contribution in [-0.4, -0.2) is 92.4 Å². The Morgan fingerprint density at radius 1 is 0.640 bits per heavy atom. The molecule has 0 aliphatic rings. The SMILES string of the molecule is BrP(Br)Br.C.C.C=C(CBr)C(=O)OCC.C=C(CN(CCCC)CCCC)C(=O)OCC.C=C(CO)C(=O)OCC.CCCCNCCCC. The van der Waals surface area contributed by atoms with Crippen LogP contribution < -0.4 is 5.32 Å². The Morgan fingerprint density at radius 3 is 1.24 bits per heavy atom. The Morgan fingerprint density at radius 2 is 0.960 bits per heavy atom. The number of hydrogen-bond acceptors (Lipinski definition) is 9. The first-order valence-electron chi connectivity index (χ1n) is 16.7. The lowest BCUT2D eigenvalue weighted by molar-refractivity contribution is -0.139. The first-order chi connectivity index (χ1) is 22.7. The van der Waals surface area contributed by atoms with Crippen LogP contribution in [0.5, 0.6) is 0 Å². The van der Waals surface area contributed by atoms with Gasteiger partial charge in [-0.15, -0.1) is 0 Å². The highest BCUT2D eigenvalue weighted by Gasteiger charge is 2.12. The minimum absolute atomic E-state index is 0. The molecule has 0 atom stereocenters. The molecule has 0 rings (SSSR count). The summed E-state index contributed by atoms with van der Waals surface area (Å²) in [6, 6.07) is 0. The van der Waals surface area contributed by atoms with Crippen molar-refractivity contribution in [3.63, 3.8) is 0 Å². The molecular formula is C36H73Br4N2O7P. The summed E-state index contributed by atoms with van der Waals surface area (Å²) in [5.41, 5.74) is 1.12. The zero-order chi connectivity index (χ0) is 38.2. The van der Waals surface area contributed by atoms with Gasteiger partial charge in [-0.05, 0) is 119 Å². The van der Waals surface area contributed by atoms with E-state index in [1.165, 1.54) is 64.5 Å². The van der Waals surface area contributed by atoms with Gasteiger partial charge in [0.2, 0.25) is 0 Å². The average molecular weight is 997 g/mol. The quantitative estimate of drug-likeness (QED) is 0.0273. The van der Waals surface area contributed by atoms with E-state index >= 15 is 0 Å². The number of esters is 3. The second-order valence-corrected chi connectivity index (χ2v) is 25.8. The fraction of sp³-hybridized carbons (Fsp3) is 0.750. The minimum atomic E-state index is -0.528. The van der Waals surface area contributed by atoms with E-state index in [1.807, 2.05) is 6.92 Å². The second-order valence-electron chi connectivity index (χ2n) is 9.90. The van der Waals surface area contributed by atoms with E-state index < -0.39 is 5.97 Å². The maximum atomic E-state index is 11.5. The minimum Gasteiger partial charge on any atom is -0.463 e. The number of carbonyl (C=O) groups excluding carboxylic acids is 3. The van der Waals surface area contributed by atoms with E-state index in [1.54, 1.807) is 13.8 Å². The Balaban J connectivity index is -0.0000000976. The topological polar surface area (TPSA) is 114 Å². The molecule has 14 heteroatoms. The fourth-order valence-corrected chi connectivity index (χ4v) is 3.14. The van der Waals surface area contributed by atoms with E-state index in [2.05, 4.69) is 130 Å². The third-order valence-corrected chi connectivity index (χ3v) is 6.21. The standard InChI is InChI=1S/C14H27NO2.C8H19N.C6H9BrO2.C6H10O3.2CH4.Br3P/c1-5-8-10-15(11-9-6-2)12-13(4)14(16)17-7-3;1-3-5-7-9-8-6-4-2;2*1-3-9-6(8)5(2)4-7;;;1-4(2)3/h4-12H2,1-3H3;9H,3-8H2,1-2H3;2-4H2,1H3;7H,2-4H2,1H3;2*1H4;. The summed E-state index contributed by atoms with van der Waals surface area (Å²) in [4.78, 5) is 34.9. The molecule has 0 aromatic carbocycles. The third kappa shape index (κ3) is 57.2. The molecule has 0 aliphatic heterocycles. The molecule has 0 aromatic heterocycles. The Labute approximate surface area is 341 Å². The van der Waals surface area contributed by atoms with E-state index in [-0.39, 0.29) is 43.0 Å². The van der Waals surface area contributed by atoms with Crippen LogP contribution in [0.15, 0.2) is 36.5 Å². The molecule has 0 bridgehead atoms. The van der Waals surface area contributed by atoms with Crippen molar-refractivity contribution in [3.05, 3.63) is 36.5 Å². The number of hydrogen-bond donors (Lipinski definition) is 2. The summed E-state index contributed by atoms with van der Waals surface area (Å²) in [7, 11) is 0. The number of nitrogens with zero attached hydrogens (tertiary/aromatic N) is 1. The molecular weight excluding hydrogens is 923 g/mol. The van der Waals surface area contributed by atoms with Crippen LogP contribution in [0.25, 0.3) is 0 Å². The molecule has 302 valence electrons. The Bertz CT molecular complexity index is 762. The van der Waals surface area contributed by atoms with Gasteiger partial charge < -0.3 is 24.6 Å². The van der Waals surface area contributed by atoms with Crippen molar-refractivity contribution in [2.24, 2.45) is 0 Å². The Hall–Kier alpha value is -0.140. The first kappa shape index (κ1) is 64.8. The number of rotatable bonds is 22. The molecule has 0 saturated carbocycles. The van der Waals surface area contributed by atoms with Gasteiger partial charge >= 0.3 is 17.9 Å². The van der Waals surface area contributed by atoms with Gasteiger partial charge in [-0.2, -0.15) is 0 Å². The van der Waals surface area contributed by atoms with Gasteiger partial charge in [-0.3, -0.25) is 4.90 Å². The van der Waals surface area contributed by atoms with Gasteiger partial charge in [0.1, 0.15) is 4.03 Å². The van der Waals surface area contributed by atoms with Crippen molar-refractivity contribution in [1.29, 1.82) is 0 Å². The van der Waals surface area contributed by atoms with Crippen LogP contribution in [0.3, 0.4) is 0 Å². The number of halogens is 4. The van der Waals surface area contributed by atoms with Crippen molar-refractivity contribution in [2.45, 2.75) is 115 Å². The second kappa shape index (κ2) is 53.2. The van der Waals surface area contributed by atoms with Crippen LogP contribution in [0, 0.1) is 0 Å². The highest BCUT2D eigenvalue weighted by molar-refractivity contribution is 9.93. The number of ether oxygens (including phenoxy) is 3. The molecule has 0 aromatic rings. The molecule has 0 saturated heterocycles. The van der Waals surface area contributed by atoms with Crippen LogP contribution in [0.2, 0.25) is 0 Å². The normalized spacial score (nSPS) is 9.24. The Kier molecular flexibility index (Phi) is 69.0. The lowest BCUT2D eigenvalue weighted by Crippen LogP contribution is -2.30. The number of unbranched alkanes of at least 4 members (excludes halogenated alkanes) is 4. The van der Waals surface area contributed by atoms with E-state index in [0.29, 0.717) is 42.8 Å². The van der Waals surface area contributed by atoms with Gasteiger partial charge in [-0.25, -0.2) is 14.4 Å². The monoisotopic (exact) mass is 992 g/mol. The lowest BCUT2D eigenvalue weighted by Gasteiger charge is -2.22. The van der Waals surface area contributed by atoms with Gasteiger partial charge in [0.25, 0.3) is 0 Å². The van der Waals surface area contributed by atoms with Crippen molar-refractivity contribution < 1.29 is 33.7 Å². The highest BCUT2D eigenvalue weighted by Crippen LogP contribution is 2.59. The number of aliphatic hydroxyl groups excluding tert-OH is 1. The van der Waals surface area contributed by atoms with Crippen LogP contribution in [0.4, 0.5) is 0 Å². The maximum absolute atomic E-state index is 11.5. The van der Waals surface area contributed by atoms with Crippen LogP contribution in [-0.2, 0) is 28.6 Å². The van der Waals surface area contributed by atoms with Gasteiger partial charge in [0.05, 0.1) is 32.0 Å². The molecule has 0 spiro atoms. The fourth-order valence-electron chi connectivity index (χ4n) is 2.91. The molecule has 0 radical (unpaired) electrons. The molecule has 0 aliphatic carbocycles. The summed E-state index contributed by atoms with van der Waals surface area (Å²) in [5, 5.41) is 12.2. The first-order valence-corrected chi connectivity index (χ1v) is 25.2. The van der Waals surface area contributed by atoms with E-state index in [0.717, 1.165) is 13.1 Å². The van der Waals surface area contributed by atoms with Crippen molar-refractivity contribution >= 4 is 84.3 Å². The summed E-state index contributed by atoms with van der Waals surface area (Å²) in [6.45, 7) is 30.6. The molecule has 2 N–H and O–H groups in total. The van der Waals surface area contributed by atoms with Crippen molar-refractivity contribution in [3.8, 4) is 0 Å². The predicted molar refractivity (Wildman–Crippen MR) is 234 cm³/mol. The van der Waals surface area contributed by atoms with Gasteiger partial charge in [-0.1, -0.05) is 104 Å². The van der Waals surface area contributed by atoms with Crippen LogP contribution in [0.1, 0.15) is 115 Å². The number of aliphatic hydroxyl groups is 1. The number of alkyl halides is 1. The molecule has 0 fully saturated rings.